The molecule has 0 aromatic carbocycles. The molecule has 3 heterocycles. The standard InChI is InChI=1S/C17H22N4O3S2/c1-4-26(23,24)12-6-5-11(18-8-12)7-14(22)20-17-21-16-13(25-17)9-19-15(16)10(2)3/h5-6,8,10,15,19H,4,7,9H2,1-3H3,(H,20,21,22). The number of anilines is 1. The summed E-state index contributed by atoms with van der Waals surface area (Å²) in [6.45, 7) is 6.64. The van der Waals surface area contributed by atoms with Gasteiger partial charge in [-0.25, -0.2) is 13.4 Å². The average Bonchev–Trinajstić information content (AvgIpc) is 3.14. The van der Waals surface area contributed by atoms with Crippen LogP contribution in [0, 0.1) is 5.92 Å². The highest BCUT2D eigenvalue weighted by molar-refractivity contribution is 7.91. The van der Waals surface area contributed by atoms with E-state index in [1.54, 1.807) is 13.0 Å². The number of carbonyl (C=O) groups is 1. The largest absolute Gasteiger partial charge is 0.303 e. The molecule has 140 valence electrons. The summed E-state index contributed by atoms with van der Waals surface area (Å²) in [5.41, 5.74) is 1.54. The van der Waals surface area contributed by atoms with Crippen LogP contribution in [0.4, 0.5) is 5.13 Å². The van der Waals surface area contributed by atoms with Gasteiger partial charge in [0.2, 0.25) is 5.91 Å². The second-order valence-electron chi connectivity index (χ2n) is 6.54. The van der Waals surface area contributed by atoms with Gasteiger partial charge in [-0.3, -0.25) is 9.78 Å². The van der Waals surface area contributed by atoms with Gasteiger partial charge in [0, 0.05) is 23.3 Å². The Labute approximate surface area is 157 Å². The first-order valence-electron chi connectivity index (χ1n) is 8.50. The molecule has 1 amide bonds. The topological polar surface area (TPSA) is 101 Å². The first-order chi connectivity index (χ1) is 12.3. The van der Waals surface area contributed by atoms with Crippen molar-refractivity contribution in [3.05, 3.63) is 34.6 Å². The Morgan fingerprint density at radius 3 is 2.81 bits per heavy atom. The number of amides is 1. The van der Waals surface area contributed by atoms with Crippen molar-refractivity contribution in [3.8, 4) is 0 Å². The quantitative estimate of drug-likeness (QED) is 0.780. The molecule has 0 spiro atoms. The third-order valence-electron chi connectivity index (χ3n) is 4.30. The van der Waals surface area contributed by atoms with E-state index in [0.29, 0.717) is 16.7 Å². The van der Waals surface area contributed by atoms with Crippen molar-refractivity contribution < 1.29 is 13.2 Å². The van der Waals surface area contributed by atoms with Gasteiger partial charge in [0.15, 0.2) is 15.0 Å². The minimum Gasteiger partial charge on any atom is -0.303 e. The molecule has 2 aromatic heterocycles. The summed E-state index contributed by atoms with van der Waals surface area (Å²) < 4.78 is 23.6. The van der Waals surface area contributed by atoms with Gasteiger partial charge >= 0.3 is 0 Å². The fourth-order valence-electron chi connectivity index (χ4n) is 2.83. The van der Waals surface area contributed by atoms with Crippen molar-refractivity contribution in [2.75, 3.05) is 11.1 Å². The van der Waals surface area contributed by atoms with E-state index in [0.717, 1.165) is 17.1 Å². The van der Waals surface area contributed by atoms with Crippen LogP contribution in [0.1, 0.15) is 43.1 Å². The summed E-state index contributed by atoms with van der Waals surface area (Å²) in [5, 5.41) is 6.83. The molecular weight excluding hydrogens is 372 g/mol. The molecule has 2 aromatic rings. The molecule has 1 aliphatic rings. The average molecular weight is 395 g/mol. The number of nitrogens with one attached hydrogen (secondary N) is 2. The Morgan fingerprint density at radius 2 is 2.19 bits per heavy atom. The van der Waals surface area contributed by atoms with Gasteiger partial charge in [0.05, 0.1) is 28.8 Å². The van der Waals surface area contributed by atoms with Gasteiger partial charge in [-0.15, -0.1) is 11.3 Å². The molecule has 1 atom stereocenters. The maximum absolute atomic E-state index is 12.2. The summed E-state index contributed by atoms with van der Waals surface area (Å²) in [4.78, 5) is 22.2. The molecule has 0 aliphatic carbocycles. The highest BCUT2D eigenvalue weighted by Gasteiger charge is 2.29. The van der Waals surface area contributed by atoms with Gasteiger partial charge in [-0.1, -0.05) is 20.8 Å². The second kappa shape index (κ2) is 7.42. The Hall–Kier alpha value is -1.84. The lowest BCUT2D eigenvalue weighted by Gasteiger charge is -2.14. The number of carbonyl (C=O) groups excluding carboxylic acids is 1. The molecule has 1 aliphatic heterocycles. The van der Waals surface area contributed by atoms with E-state index >= 15 is 0 Å². The lowest BCUT2D eigenvalue weighted by Crippen LogP contribution is -2.19. The zero-order valence-corrected chi connectivity index (χ0v) is 16.6. The molecule has 0 radical (unpaired) electrons. The Morgan fingerprint density at radius 1 is 1.42 bits per heavy atom. The number of rotatable bonds is 6. The molecule has 0 saturated carbocycles. The van der Waals surface area contributed by atoms with E-state index in [9.17, 15) is 13.2 Å². The van der Waals surface area contributed by atoms with Gasteiger partial charge < -0.3 is 10.6 Å². The minimum atomic E-state index is -3.28. The number of aromatic nitrogens is 2. The molecule has 9 heteroatoms. The van der Waals surface area contributed by atoms with Gasteiger partial charge in [-0.2, -0.15) is 0 Å². The Balaban J connectivity index is 1.64. The van der Waals surface area contributed by atoms with Crippen LogP contribution in [0.5, 0.6) is 0 Å². The summed E-state index contributed by atoms with van der Waals surface area (Å²) in [7, 11) is -3.28. The van der Waals surface area contributed by atoms with E-state index < -0.39 is 9.84 Å². The van der Waals surface area contributed by atoms with E-state index in [1.165, 1.54) is 23.6 Å². The van der Waals surface area contributed by atoms with Crippen molar-refractivity contribution in [1.29, 1.82) is 0 Å². The molecule has 7 nitrogen and oxygen atoms in total. The summed E-state index contributed by atoms with van der Waals surface area (Å²) in [6, 6.07) is 3.29. The highest BCUT2D eigenvalue weighted by Crippen LogP contribution is 2.35. The number of pyridine rings is 1. The van der Waals surface area contributed by atoms with E-state index in [-0.39, 0.29) is 29.0 Å². The van der Waals surface area contributed by atoms with Crippen LogP contribution in [0.2, 0.25) is 0 Å². The van der Waals surface area contributed by atoms with Crippen molar-refractivity contribution in [2.24, 2.45) is 5.92 Å². The molecule has 26 heavy (non-hydrogen) atoms. The molecule has 0 saturated heterocycles. The maximum Gasteiger partial charge on any atom is 0.232 e. The van der Waals surface area contributed by atoms with Crippen molar-refractivity contribution >= 4 is 32.2 Å². The Kier molecular flexibility index (Phi) is 5.40. The highest BCUT2D eigenvalue weighted by atomic mass is 32.2. The first-order valence-corrected chi connectivity index (χ1v) is 11.0. The summed E-state index contributed by atoms with van der Waals surface area (Å²) in [6.07, 6.45) is 1.38. The van der Waals surface area contributed by atoms with Gasteiger partial charge in [-0.05, 0) is 18.1 Å². The predicted octanol–water partition coefficient (Wildman–Crippen LogP) is 2.31. The SMILES string of the molecule is CCS(=O)(=O)c1ccc(CC(=O)Nc2nc3c(s2)CNC3C(C)C)nc1. The summed E-state index contributed by atoms with van der Waals surface area (Å²) in [5.74, 6) is 0.240. The lowest BCUT2D eigenvalue weighted by molar-refractivity contribution is -0.115. The van der Waals surface area contributed by atoms with Crippen LogP contribution in [0.25, 0.3) is 0 Å². The third-order valence-corrected chi connectivity index (χ3v) is 7.00. The lowest BCUT2D eigenvalue weighted by atomic mass is 10.0. The number of fused-ring (bicyclic) bond motifs is 1. The molecule has 2 N–H and O–H groups in total. The van der Waals surface area contributed by atoms with Crippen LogP contribution in [-0.2, 0) is 27.6 Å². The normalized spacial score (nSPS) is 16.7. The number of sulfone groups is 1. The molecule has 0 fully saturated rings. The number of hydrogen-bond donors (Lipinski definition) is 2. The third kappa shape index (κ3) is 3.94. The van der Waals surface area contributed by atoms with Gasteiger partial charge in [0.25, 0.3) is 0 Å². The van der Waals surface area contributed by atoms with E-state index in [4.69, 9.17) is 0 Å². The van der Waals surface area contributed by atoms with Crippen LogP contribution < -0.4 is 10.6 Å². The van der Waals surface area contributed by atoms with E-state index in [2.05, 4.69) is 34.4 Å². The second-order valence-corrected chi connectivity index (χ2v) is 9.91. The number of thiazole rings is 1. The van der Waals surface area contributed by atoms with Crippen molar-refractivity contribution in [2.45, 2.75) is 44.7 Å². The van der Waals surface area contributed by atoms with Crippen molar-refractivity contribution in [3.63, 3.8) is 0 Å². The number of hydrogen-bond acceptors (Lipinski definition) is 7. The molecular formula is C17H22N4O3S2. The molecule has 1 unspecified atom stereocenters. The van der Waals surface area contributed by atoms with Crippen LogP contribution in [0.15, 0.2) is 23.2 Å². The smallest absolute Gasteiger partial charge is 0.232 e. The minimum absolute atomic E-state index is 0.0233. The zero-order chi connectivity index (χ0) is 18.9. The monoisotopic (exact) mass is 394 g/mol. The van der Waals surface area contributed by atoms with Crippen LogP contribution in [-0.4, -0.2) is 30.0 Å². The fourth-order valence-corrected chi connectivity index (χ4v) is 4.63. The number of nitrogens with zero attached hydrogens (tertiary/aromatic N) is 2. The van der Waals surface area contributed by atoms with Crippen LogP contribution >= 0.6 is 11.3 Å². The van der Waals surface area contributed by atoms with E-state index in [1.807, 2.05) is 0 Å². The van der Waals surface area contributed by atoms with Crippen molar-refractivity contribution in [1.82, 2.24) is 15.3 Å². The van der Waals surface area contributed by atoms with Crippen LogP contribution in [0.3, 0.4) is 0 Å². The Bertz CT molecular complexity index is 905. The van der Waals surface area contributed by atoms with Gasteiger partial charge in [0.1, 0.15) is 0 Å². The first kappa shape index (κ1) is 18.9. The molecule has 3 rings (SSSR count). The predicted molar refractivity (Wildman–Crippen MR) is 101 cm³/mol. The summed E-state index contributed by atoms with van der Waals surface area (Å²) >= 11 is 1.49. The maximum atomic E-state index is 12.2. The zero-order valence-electron chi connectivity index (χ0n) is 14.9. The molecule has 0 bridgehead atoms. The fraction of sp³-hybridized carbons (Fsp3) is 0.471.